The maximum absolute atomic E-state index is 11.1. The van der Waals surface area contributed by atoms with Crippen LogP contribution in [0, 0.1) is 5.92 Å². The molecule has 0 aromatic rings. The van der Waals surface area contributed by atoms with Crippen LogP contribution in [0.1, 0.15) is 19.8 Å². The molecule has 2 rings (SSSR count). The Morgan fingerprint density at radius 1 is 1.55 bits per heavy atom. The highest BCUT2D eigenvalue weighted by Gasteiger charge is 2.54. The van der Waals surface area contributed by atoms with E-state index in [0.717, 1.165) is 12.8 Å². The molecule has 1 saturated heterocycles. The lowest BCUT2D eigenvalue weighted by Gasteiger charge is -2.17. The maximum Gasteiger partial charge on any atom is 0.415 e. The Morgan fingerprint density at radius 3 is 2.55 bits per heavy atom. The fraction of sp³-hybridized carbons (Fsp3) is 0.714. The topological polar surface area (TPSA) is 55.4 Å². The lowest BCUT2D eigenvalue weighted by Crippen LogP contribution is -2.37. The fourth-order valence-corrected chi connectivity index (χ4v) is 1.38. The van der Waals surface area contributed by atoms with Gasteiger partial charge in [0.25, 0.3) is 5.91 Å². The summed E-state index contributed by atoms with van der Waals surface area (Å²) in [7, 11) is 0. The van der Waals surface area contributed by atoms with Gasteiger partial charge in [-0.05, 0) is 19.8 Å². The van der Waals surface area contributed by atoms with E-state index < -0.39 is 11.7 Å². The zero-order valence-corrected chi connectivity index (χ0v) is 6.22. The average Bonchev–Trinajstić information content (AvgIpc) is 2.63. The summed E-state index contributed by atoms with van der Waals surface area (Å²) in [4.78, 5) is 21.8. The van der Waals surface area contributed by atoms with E-state index in [4.69, 9.17) is 4.74 Å². The van der Waals surface area contributed by atoms with Crippen LogP contribution in [0.15, 0.2) is 0 Å². The summed E-state index contributed by atoms with van der Waals surface area (Å²) >= 11 is 0. The van der Waals surface area contributed by atoms with Crippen molar-refractivity contribution in [1.29, 1.82) is 0 Å². The number of imide groups is 1. The van der Waals surface area contributed by atoms with Crippen molar-refractivity contribution in [2.45, 2.75) is 25.4 Å². The van der Waals surface area contributed by atoms with Crippen molar-refractivity contribution in [3.8, 4) is 0 Å². The molecule has 2 fully saturated rings. The molecule has 0 bridgehead atoms. The van der Waals surface area contributed by atoms with Crippen LogP contribution in [-0.4, -0.2) is 17.6 Å². The standard InChI is InChI=1S/C7H9NO3/c1-7(4-2-3-4)5(9)8-6(10)11-7/h4H,2-3H2,1H3,(H,8,9,10)/t7-/m1/s1. The molecule has 0 unspecified atom stereocenters. The first kappa shape index (κ1) is 6.64. The van der Waals surface area contributed by atoms with E-state index in [1.807, 2.05) is 0 Å². The molecule has 60 valence electrons. The SMILES string of the molecule is C[C@]1(C2CC2)OC(=O)NC1=O. The van der Waals surface area contributed by atoms with Crippen molar-refractivity contribution in [1.82, 2.24) is 5.32 Å². The summed E-state index contributed by atoms with van der Waals surface area (Å²) < 4.78 is 4.89. The quantitative estimate of drug-likeness (QED) is 0.597. The predicted molar refractivity (Wildman–Crippen MR) is 35.8 cm³/mol. The summed E-state index contributed by atoms with van der Waals surface area (Å²) in [6.45, 7) is 1.67. The number of hydrogen-bond donors (Lipinski definition) is 1. The minimum Gasteiger partial charge on any atom is -0.432 e. The van der Waals surface area contributed by atoms with Gasteiger partial charge in [0.05, 0.1) is 0 Å². The van der Waals surface area contributed by atoms with Crippen LogP contribution >= 0.6 is 0 Å². The highest BCUT2D eigenvalue weighted by Crippen LogP contribution is 2.43. The molecule has 2 aliphatic rings. The van der Waals surface area contributed by atoms with Crippen LogP contribution in [0.2, 0.25) is 0 Å². The Bertz CT molecular complexity index is 234. The third kappa shape index (κ3) is 0.818. The number of rotatable bonds is 1. The van der Waals surface area contributed by atoms with E-state index in [2.05, 4.69) is 5.32 Å². The first-order valence-corrected chi connectivity index (χ1v) is 3.67. The Morgan fingerprint density at radius 2 is 2.18 bits per heavy atom. The molecule has 4 nitrogen and oxygen atoms in total. The van der Waals surface area contributed by atoms with E-state index in [-0.39, 0.29) is 11.8 Å². The van der Waals surface area contributed by atoms with E-state index in [0.29, 0.717) is 0 Å². The first-order valence-electron chi connectivity index (χ1n) is 3.67. The minimum atomic E-state index is -0.864. The Labute approximate surface area is 63.9 Å². The molecule has 1 aliphatic heterocycles. The van der Waals surface area contributed by atoms with Gasteiger partial charge in [-0.1, -0.05) is 0 Å². The molecular formula is C7H9NO3. The van der Waals surface area contributed by atoms with Gasteiger partial charge in [0.2, 0.25) is 0 Å². The van der Waals surface area contributed by atoms with Crippen molar-refractivity contribution >= 4 is 12.0 Å². The zero-order valence-electron chi connectivity index (χ0n) is 6.22. The number of ether oxygens (including phenoxy) is 1. The number of carbonyl (C=O) groups is 2. The molecule has 1 N–H and O–H groups in total. The van der Waals surface area contributed by atoms with E-state index in [1.54, 1.807) is 6.92 Å². The van der Waals surface area contributed by atoms with Gasteiger partial charge in [0, 0.05) is 5.92 Å². The van der Waals surface area contributed by atoms with Gasteiger partial charge >= 0.3 is 6.09 Å². The van der Waals surface area contributed by atoms with Crippen LogP contribution in [-0.2, 0) is 9.53 Å². The third-order valence-electron chi connectivity index (χ3n) is 2.33. The van der Waals surface area contributed by atoms with Gasteiger partial charge in [-0.3, -0.25) is 10.1 Å². The highest BCUT2D eigenvalue weighted by atomic mass is 16.6. The van der Waals surface area contributed by atoms with E-state index in [1.165, 1.54) is 0 Å². The lowest BCUT2D eigenvalue weighted by molar-refractivity contribution is -0.131. The lowest BCUT2D eigenvalue weighted by atomic mass is 10.0. The summed E-state index contributed by atoms with van der Waals surface area (Å²) in [5, 5.41) is 2.13. The predicted octanol–water partition coefficient (Wildman–Crippen LogP) is 0.422. The van der Waals surface area contributed by atoms with Gasteiger partial charge in [-0.15, -0.1) is 0 Å². The molecule has 0 aromatic carbocycles. The van der Waals surface area contributed by atoms with Gasteiger partial charge < -0.3 is 4.74 Å². The van der Waals surface area contributed by atoms with Gasteiger partial charge in [0.1, 0.15) is 0 Å². The third-order valence-corrected chi connectivity index (χ3v) is 2.33. The Balaban J connectivity index is 2.23. The normalized spacial score (nSPS) is 36.8. The molecule has 2 amide bonds. The van der Waals surface area contributed by atoms with Crippen molar-refractivity contribution in [2.75, 3.05) is 0 Å². The van der Waals surface area contributed by atoms with Gasteiger partial charge in [-0.2, -0.15) is 0 Å². The summed E-state index contributed by atoms with van der Waals surface area (Å²) in [6, 6.07) is 0. The average molecular weight is 155 g/mol. The second-order valence-corrected chi connectivity index (χ2v) is 3.22. The van der Waals surface area contributed by atoms with E-state index >= 15 is 0 Å². The van der Waals surface area contributed by atoms with Gasteiger partial charge in [-0.25, -0.2) is 4.79 Å². The Hall–Kier alpha value is -1.06. The summed E-state index contributed by atoms with van der Waals surface area (Å²) in [5.41, 5.74) is -0.864. The van der Waals surface area contributed by atoms with E-state index in [9.17, 15) is 9.59 Å². The second kappa shape index (κ2) is 1.75. The van der Waals surface area contributed by atoms with Crippen molar-refractivity contribution in [2.24, 2.45) is 5.92 Å². The van der Waals surface area contributed by atoms with Crippen molar-refractivity contribution in [3.05, 3.63) is 0 Å². The van der Waals surface area contributed by atoms with Crippen molar-refractivity contribution in [3.63, 3.8) is 0 Å². The zero-order chi connectivity index (χ0) is 8.06. The van der Waals surface area contributed by atoms with Crippen LogP contribution in [0.25, 0.3) is 0 Å². The number of amides is 2. The monoisotopic (exact) mass is 155 g/mol. The second-order valence-electron chi connectivity index (χ2n) is 3.22. The van der Waals surface area contributed by atoms with Crippen molar-refractivity contribution < 1.29 is 14.3 Å². The summed E-state index contributed by atoms with van der Waals surface area (Å²) in [6.07, 6.45) is 1.36. The Kier molecular flexibility index (Phi) is 1.06. The molecule has 11 heavy (non-hydrogen) atoms. The number of alkyl carbamates (subject to hydrolysis) is 1. The number of nitrogens with one attached hydrogen (secondary N) is 1. The van der Waals surface area contributed by atoms with Crippen LogP contribution in [0.5, 0.6) is 0 Å². The van der Waals surface area contributed by atoms with Gasteiger partial charge in [0.15, 0.2) is 5.60 Å². The minimum absolute atomic E-state index is 0.244. The summed E-state index contributed by atoms with van der Waals surface area (Å²) in [5.74, 6) is -0.0426. The molecule has 0 spiro atoms. The largest absolute Gasteiger partial charge is 0.432 e. The van der Waals surface area contributed by atoms with Crippen LogP contribution < -0.4 is 5.32 Å². The maximum atomic E-state index is 11.1. The molecule has 4 heteroatoms. The highest BCUT2D eigenvalue weighted by molar-refractivity contribution is 6.02. The van der Waals surface area contributed by atoms with Crippen LogP contribution in [0.4, 0.5) is 4.79 Å². The molecule has 1 aliphatic carbocycles. The molecule has 1 saturated carbocycles. The molecule has 0 aromatic heterocycles. The molecule has 0 radical (unpaired) electrons. The smallest absolute Gasteiger partial charge is 0.415 e. The van der Waals surface area contributed by atoms with Crippen LogP contribution in [0.3, 0.4) is 0 Å². The molecule has 1 atom stereocenters. The fourth-order valence-electron chi connectivity index (χ4n) is 1.38. The number of cyclic esters (lactones) is 1. The first-order chi connectivity index (χ1) is 5.13. The number of carbonyl (C=O) groups excluding carboxylic acids is 2. The number of hydrogen-bond acceptors (Lipinski definition) is 3. The molecular weight excluding hydrogens is 146 g/mol. The molecule has 1 heterocycles.